The van der Waals surface area contributed by atoms with Gasteiger partial charge >= 0.3 is 0 Å². The molecule has 0 saturated heterocycles. The minimum atomic E-state index is -0.0666. The van der Waals surface area contributed by atoms with Crippen LogP contribution in [0.15, 0.2) is 59.8 Å². The molecule has 0 aliphatic carbocycles. The Morgan fingerprint density at radius 3 is 2.68 bits per heavy atom. The van der Waals surface area contributed by atoms with Gasteiger partial charge in [-0.15, -0.1) is 10.2 Å². The predicted molar refractivity (Wildman–Crippen MR) is 110 cm³/mol. The van der Waals surface area contributed by atoms with E-state index < -0.39 is 0 Å². The van der Waals surface area contributed by atoms with Gasteiger partial charge in [0.25, 0.3) is 0 Å². The molecule has 0 bridgehead atoms. The Morgan fingerprint density at radius 2 is 1.86 bits per heavy atom. The number of para-hydroxylation sites is 3. The highest BCUT2D eigenvalue weighted by Gasteiger charge is 2.12. The average Bonchev–Trinajstić information content (AvgIpc) is 3.28. The third-order valence-electron chi connectivity index (χ3n) is 4.34. The number of H-pyrrole nitrogens is 1. The number of aromatic nitrogens is 5. The molecule has 4 rings (SSSR count). The number of anilines is 1. The van der Waals surface area contributed by atoms with Gasteiger partial charge in [0.05, 0.1) is 16.8 Å². The van der Waals surface area contributed by atoms with Crippen LogP contribution in [0.2, 0.25) is 0 Å². The first-order valence-corrected chi connectivity index (χ1v) is 9.97. The molecule has 0 spiro atoms. The van der Waals surface area contributed by atoms with E-state index in [0.717, 1.165) is 46.4 Å². The lowest BCUT2D eigenvalue weighted by Crippen LogP contribution is -2.14. The standard InChI is InChI=1S/C20H20N6OS/c1-26-18(12-11-17-22-15-9-5-6-10-16(15)23-17)24-25-20(26)28-13-19(27)21-14-7-3-2-4-8-14/h2-10H,11-13H2,1H3,(H,21,27)(H,22,23). The molecule has 0 aliphatic rings. The Morgan fingerprint density at radius 1 is 1.07 bits per heavy atom. The summed E-state index contributed by atoms with van der Waals surface area (Å²) in [6.45, 7) is 0. The van der Waals surface area contributed by atoms with Crippen molar-refractivity contribution in [1.82, 2.24) is 24.7 Å². The van der Waals surface area contributed by atoms with E-state index in [9.17, 15) is 4.79 Å². The van der Waals surface area contributed by atoms with Crippen molar-refractivity contribution in [3.8, 4) is 0 Å². The second kappa shape index (κ2) is 8.26. The molecule has 2 heterocycles. The van der Waals surface area contributed by atoms with E-state index in [1.165, 1.54) is 11.8 Å². The minimum absolute atomic E-state index is 0.0666. The zero-order valence-electron chi connectivity index (χ0n) is 15.4. The number of benzene rings is 2. The molecular weight excluding hydrogens is 372 g/mol. The lowest BCUT2D eigenvalue weighted by atomic mass is 10.3. The molecule has 1 amide bonds. The van der Waals surface area contributed by atoms with Crippen LogP contribution in [-0.2, 0) is 24.7 Å². The Hall–Kier alpha value is -3.13. The van der Waals surface area contributed by atoms with Crippen molar-refractivity contribution in [2.24, 2.45) is 7.05 Å². The highest BCUT2D eigenvalue weighted by atomic mass is 32.2. The van der Waals surface area contributed by atoms with Gasteiger partial charge in [-0.1, -0.05) is 42.1 Å². The van der Waals surface area contributed by atoms with Crippen molar-refractivity contribution in [2.45, 2.75) is 18.0 Å². The third kappa shape index (κ3) is 4.23. The maximum Gasteiger partial charge on any atom is 0.234 e. The molecule has 142 valence electrons. The number of carbonyl (C=O) groups is 1. The monoisotopic (exact) mass is 392 g/mol. The van der Waals surface area contributed by atoms with E-state index in [1.807, 2.05) is 66.2 Å². The molecule has 8 heteroatoms. The van der Waals surface area contributed by atoms with Gasteiger partial charge in [0, 0.05) is 25.6 Å². The second-order valence-electron chi connectivity index (χ2n) is 6.36. The number of thioether (sulfide) groups is 1. The number of carbonyl (C=O) groups excluding carboxylic acids is 1. The topological polar surface area (TPSA) is 88.5 Å². The van der Waals surface area contributed by atoms with Gasteiger partial charge in [-0.2, -0.15) is 0 Å². The maximum atomic E-state index is 12.1. The van der Waals surface area contributed by atoms with E-state index in [0.29, 0.717) is 0 Å². The fourth-order valence-corrected chi connectivity index (χ4v) is 3.62. The smallest absolute Gasteiger partial charge is 0.234 e. The van der Waals surface area contributed by atoms with Gasteiger partial charge in [-0.3, -0.25) is 4.79 Å². The van der Waals surface area contributed by atoms with Crippen LogP contribution in [0.25, 0.3) is 11.0 Å². The summed E-state index contributed by atoms with van der Waals surface area (Å²) < 4.78 is 1.93. The van der Waals surface area contributed by atoms with E-state index in [1.54, 1.807) is 0 Å². The quantitative estimate of drug-likeness (QED) is 0.472. The Labute approximate surface area is 166 Å². The van der Waals surface area contributed by atoms with Crippen molar-refractivity contribution < 1.29 is 4.79 Å². The van der Waals surface area contributed by atoms with Crippen molar-refractivity contribution in [3.05, 3.63) is 66.2 Å². The number of imidazole rings is 1. The normalized spacial score (nSPS) is 11.0. The van der Waals surface area contributed by atoms with E-state index >= 15 is 0 Å². The molecule has 0 unspecified atom stereocenters. The minimum Gasteiger partial charge on any atom is -0.342 e. The van der Waals surface area contributed by atoms with Crippen molar-refractivity contribution in [1.29, 1.82) is 0 Å². The first kappa shape index (κ1) is 18.2. The van der Waals surface area contributed by atoms with Gasteiger partial charge in [-0.05, 0) is 24.3 Å². The van der Waals surface area contributed by atoms with Gasteiger partial charge in [-0.25, -0.2) is 4.98 Å². The first-order chi connectivity index (χ1) is 13.7. The number of rotatable bonds is 7. The van der Waals surface area contributed by atoms with Gasteiger partial charge in [0.1, 0.15) is 11.6 Å². The van der Waals surface area contributed by atoms with E-state index in [2.05, 4.69) is 25.5 Å². The van der Waals surface area contributed by atoms with Crippen LogP contribution >= 0.6 is 11.8 Å². The summed E-state index contributed by atoms with van der Waals surface area (Å²) in [5.41, 5.74) is 2.80. The first-order valence-electron chi connectivity index (χ1n) is 8.98. The summed E-state index contributed by atoms with van der Waals surface area (Å²) in [7, 11) is 1.92. The highest BCUT2D eigenvalue weighted by molar-refractivity contribution is 7.99. The largest absolute Gasteiger partial charge is 0.342 e. The molecule has 0 fully saturated rings. The molecule has 2 N–H and O–H groups in total. The number of hydrogen-bond donors (Lipinski definition) is 2. The summed E-state index contributed by atoms with van der Waals surface area (Å²) >= 11 is 1.37. The number of hydrogen-bond acceptors (Lipinski definition) is 5. The summed E-state index contributed by atoms with van der Waals surface area (Å²) in [4.78, 5) is 20.0. The molecule has 7 nitrogen and oxygen atoms in total. The molecule has 4 aromatic rings. The molecule has 0 radical (unpaired) electrons. The summed E-state index contributed by atoms with van der Waals surface area (Å²) in [6, 6.07) is 17.4. The lowest BCUT2D eigenvalue weighted by molar-refractivity contribution is -0.113. The number of fused-ring (bicyclic) bond motifs is 1. The SMILES string of the molecule is Cn1c(CCc2nc3ccccc3[nH]2)nnc1SCC(=O)Nc1ccccc1. The molecule has 2 aromatic heterocycles. The lowest BCUT2D eigenvalue weighted by Gasteiger charge is -2.05. The van der Waals surface area contributed by atoms with Gasteiger partial charge in [0.15, 0.2) is 5.16 Å². The predicted octanol–water partition coefficient (Wildman–Crippen LogP) is 3.21. The average molecular weight is 392 g/mol. The summed E-state index contributed by atoms with van der Waals surface area (Å²) in [5.74, 6) is 2.01. The molecular formula is C20H20N6OS. The molecule has 0 saturated carbocycles. The zero-order valence-corrected chi connectivity index (χ0v) is 16.2. The van der Waals surface area contributed by atoms with Crippen molar-refractivity contribution in [3.63, 3.8) is 0 Å². The Bertz CT molecular complexity index is 1060. The van der Waals surface area contributed by atoms with Gasteiger partial charge < -0.3 is 14.9 Å². The summed E-state index contributed by atoms with van der Waals surface area (Å²) in [6.07, 6.45) is 1.47. The van der Waals surface area contributed by atoms with Crippen LogP contribution in [0.5, 0.6) is 0 Å². The van der Waals surface area contributed by atoms with Crippen LogP contribution in [0.3, 0.4) is 0 Å². The molecule has 0 aliphatic heterocycles. The number of aromatic amines is 1. The van der Waals surface area contributed by atoms with Crippen LogP contribution in [0.1, 0.15) is 11.6 Å². The zero-order chi connectivity index (χ0) is 19.3. The number of aryl methyl sites for hydroxylation is 2. The summed E-state index contributed by atoms with van der Waals surface area (Å²) in [5, 5.41) is 12.1. The highest BCUT2D eigenvalue weighted by Crippen LogP contribution is 2.18. The van der Waals surface area contributed by atoms with Crippen molar-refractivity contribution >= 4 is 34.4 Å². The van der Waals surface area contributed by atoms with Crippen LogP contribution in [0, 0.1) is 0 Å². The fraction of sp³-hybridized carbons (Fsp3) is 0.200. The number of amides is 1. The van der Waals surface area contributed by atoms with Gasteiger partial charge in [0.2, 0.25) is 5.91 Å². The third-order valence-corrected chi connectivity index (χ3v) is 5.36. The van der Waals surface area contributed by atoms with E-state index in [-0.39, 0.29) is 11.7 Å². The Kier molecular flexibility index (Phi) is 5.38. The number of nitrogens with one attached hydrogen (secondary N) is 2. The van der Waals surface area contributed by atoms with Crippen LogP contribution in [-0.4, -0.2) is 36.4 Å². The van der Waals surface area contributed by atoms with Crippen LogP contribution < -0.4 is 5.32 Å². The second-order valence-corrected chi connectivity index (χ2v) is 7.30. The van der Waals surface area contributed by atoms with E-state index in [4.69, 9.17) is 0 Å². The molecule has 28 heavy (non-hydrogen) atoms. The van der Waals surface area contributed by atoms with Crippen molar-refractivity contribution in [2.75, 3.05) is 11.1 Å². The number of nitrogens with zero attached hydrogens (tertiary/aromatic N) is 4. The molecule has 2 aromatic carbocycles. The van der Waals surface area contributed by atoms with Crippen LogP contribution in [0.4, 0.5) is 5.69 Å². The fourth-order valence-electron chi connectivity index (χ4n) is 2.89. The Balaban J connectivity index is 1.32. The maximum absolute atomic E-state index is 12.1. The molecule has 0 atom stereocenters.